The molecule has 1 fully saturated rings. The van der Waals surface area contributed by atoms with E-state index in [1.165, 1.54) is 0 Å². The highest BCUT2D eigenvalue weighted by molar-refractivity contribution is 5.89. The van der Waals surface area contributed by atoms with Gasteiger partial charge in [0.1, 0.15) is 11.5 Å². The number of nitrogens with one attached hydrogen (secondary N) is 1. The number of pyridine rings is 1. The van der Waals surface area contributed by atoms with Gasteiger partial charge in [-0.15, -0.1) is 0 Å². The maximum atomic E-state index is 12.5. The number of benzene rings is 1. The number of ether oxygens (including phenoxy) is 1. The maximum Gasteiger partial charge on any atom is 0.321 e. The second-order valence-electron chi connectivity index (χ2n) is 6.12. The van der Waals surface area contributed by atoms with Gasteiger partial charge in [-0.3, -0.25) is 9.67 Å². The molecule has 132 valence electrons. The van der Waals surface area contributed by atoms with Crippen LogP contribution in [0.4, 0.5) is 10.5 Å². The van der Waals surface area contributed by atoms with Crippen molar-refractivity contribution in [2.24, 2.45) is 0 Å². The highest BCUT2D eigenvalue weighted by Gasteiger charge is 2.27. The van der Waals surface area contributed by atoms with Gasteiger partial charge in [0.05, 0.1) is 12.2 Å². The molecule has 2 amide bonds. The largest absolute Gasteiger partial charge is 0.456 e. The van der Waals surface area contributed by atoms with E-state index in [0.717, 1.165) is 18.7 Å². The van der Waals surface area contributed by atoms with E-state index in [2.05, 4.69) is 15.4 Å². The standard InChI is InChI=1S/C19H19N5O2/c25-19(23-12-8-16(14-23)24-11-2-10-21-24)22-15-4-6-17(7-5-15)26-18-3-1-9-20-13-18/h1-7,9-11,13,16H,8,12,14H2,(H,22,25)/t16-/m1/s1. The predicted molar refractivity (Wildman–Crippen MR) is 97.2 cm³/mol. The van der Waals surface area contributed by atoms with Crippen molar-refractivity contribution in [3.8, 4) is 11.5 Å². The molecule has 3 aromatic rings. The molecule has 1 aromatic carbocycles. The number of carbonyl (C=O) groups excluding carboxylic acids is 1. The van der Waals surface area contributed by atoms with Crippen molar-refractivity contribution in [1.29, 1.82) is 0 Å². The van der Waals surface area contributed by atoms with Crippen LogP contribution in [0.15, 0.2) is 67.3 Å². The van der Waals surface area contributed by atoms with Gasteiger partial charge in [-0.05, 0) is 48.9 Å². The molecule has 0 bridgehead atoms. The van der Waals surface area contributed by atoms with Crippen molar-refractivity contribution >= 4 is 11.7 Å². The van der Waals surface area contributed by atoms with E-state index >= 15 is 0 Å². The van der Waals surface area contributed by atoms with Gasteiger partial charge in [0.25, 0.3) is 0 Å². The Morgan fingerprint density at radius 2 is 2.00 bits per heavy atom. The Kier molecular flexibility index (Phi) is 4.51. The van der Waals surface area contributed by atoms with Gasteiger partial charge in [-0.25, -0.2) is 4.79 Å². The van der Waals surface area contributed by atoms with E-state index in [1.807, 2.05) is 58.2 Å². The third kappa shape index (κ3) is 3.66. The molecule has 7 heteroatoms. The average Bonchev–Trinajstić information content (AvgIpc) is 3.36. The number of rotatable bonds is 4. The van der Waals surface area contributed by atoms with E-state index in [0.29, 0.717) is 18.0 Å². The van der Waals surface area contributed by atoms with Crippen LogP contribution in [0.1, 0.15) is 12.5 Å². The molecule has 0 saturated carbocycles. The molecular weight excluding hydrogens is 330 g/mol. The number of nitrogens with zero attached hydrogens (tertiary/aromatic N) is 4. The number of carbonyl (C=O) groups is 1. The van der Waals surface area contributed by atoms with Gasteiger partial charge in [0.2, 0.25) is 0 Å². The summed E-state index contributed by atoms with van der Waals surface area (Å²) in [6.07, 6.45) is 7.96. The molecule has 1 N–H and O–H groups in total. The van der Waals surface area contributed by atoms with Gasteiger partial charge in [-0.1, -0.05) is 0 Å². The second-order valence-corrected chi connectivity index (χ2v) is 6.12. The normalized spacial score (nSPS) is 16.5. The Labute approximate surface area is 151 Å². The minimum Gasteiger partial charge on any atom is -0.456 e. The molecule has 7 nitrogen and oxygen atoms in total. The van der Waals surface area contributed by atoms with Crippen molar-refractivity contribution in [2.75, 3.05) is 18.4 Å². The highest BCUT2D eigenvalue weighted by Crippen LogP contribution is 2.24. The van der Waals surface area contributed by atoms with Crippen LogP contribution in [0.2, 0.25) is 0 Å². The molecule has 3 heterocycles. The van der Waals surface area contributed by atoms with Gasteiger partial charge < -0.3 is 15.0 Å². The third-order valence-electron chi connectivity index (χ3n) is 4.33. The summed E-state index contributed by atoms with van der Waals surface area (Å²) in [4.78, 5) is 18.3. The van der Waals surface area contributed by atoms with Crippen molar-refractivity contribution in [1.82, 2.24) is 19.7 Å². The lowest BCUT2D eigenvalue weighted by Crippen LogP contribution is -2.33. The quantitative estimate of drug-likeness (QED) is 0.782. The zero-order valence-electron chi connectivity index (χ0n) is 14.2. The van der Waals surface area contributed by atoms with E-state index in [9.17, 15) is 4.79 Å². The van der Waals surface area contributed by atoms with Gasteiger partial charge in [0, 0.05) is 37.4 Å². The number of hydrogen-bond donors (Lipinski definition) is 1. The number of anilines is 1. The fraction of sp³-hybridized carbons (Fsp3) is 0.211. The SMILES string of the molecule is O=C(Nc1ccc(Oc2cccnc2)cc1)N1CC[C@@H](n2cccn2)C1. The van der Waals surface area contributed by atoms with Crippen molar-refractivity contribution < 1.29 is 9.53 Å². The summed E-state index contributed by atoms with van der Waals surface area (Å²) < 4.78 is 7.61. The van der Waals surface area contributed by atoms with Crippen LogP contribution >= 0.6 is 0 Å². The molecule has 26 heavy (non-hydrogen) atoms. The van der Waals surface area contributed by atoms with Crippen molar-refractivity contribution in [3.05, 3.63) is 67.3 Å². The molecule has 1 aliphatic rings. The zero-order valence-corrected chi connectivity index (χ0v) is 14.2. The Bertz CT molecular complexity index is 849. The van der Waals surface area contributed by atoms with Crippen molar-refractivity contribution in [2.45, 2.75) is 12.5 Å². The Balaban J connectivity index is 1.33. The highest BCUT2D eigenvalue weighted by atomic mass is 16.5. The van der Waals surface area contributed by atoms with Crippen LogP contribution < -0.4 is 10.1 Å². The Hall–Kier alpha value is -3.35. The topological polar surface area (TPSA) is 72.3 Å². The Morgan fingerprint density at radius 3 is 2.73 bits per heavy atom. The zero-order chi connectivity index (χ0) is 17.8. The number of likely N-dealkylation sites (tertiary alicyclic amines) is 1. The smallest absolute Gasteiger partial charge is 0.321 e. The summed E-state index contributed by atoms with van der Waals surface area (Å²) in [5.41, 5.74) is 0.732. The number of aromatic nitrogens is 3. The molecule has 0 aliphatic carbocycles. The van der Waals surface area contributed by atoms with E-state index in [4.69, 9.17) is 4.74 Å². The number of urea groups is 1. The van der Waals surface area contributed by atoms with Gasteiger partial charge in [0.15, 0.2) is 0 Å². The third-order valence-corrected chi connectivity index (χ3v) is 4.33. The first-order valence-electron chi connectivity index (χ1n) is 8.51. The molecule has 1 saturated heterocycles. The van der Waals surface area contributed by atoms with Gasteiger partial charge in [-0.2, -0.15) is 5.10 Å². The summed E-state index contributed by atoms with van der Waals surface area (Å²) in [5.74, 6) is 1.36. The fourth-order valence-electron chi connectivity index (χ4n) is 2.99. The molecule has 1 atom stereocenters. The molecular formula is C19H19N5O2. The average molecular weight is 349 g/mol. The summed E-state index contributed by atoms with van der Waals surface area (Å²) in [5, 5.41) is 7.19. The summed E-state index contributed by atoms with van der Waals surface area (Å²) >= 11 is 0. The van der Waals surface area contributed by atoms with Crippen LogP contribution in [0, 0.1) is 0 Å². The lowest BCUT2D eigenvalue weighted by molar-refractivity contribution is 0.220. The van der Waals surface area contributed by atoms with Crippen molar-refractivity contribution in [3.63, 3.8) is 0 Å². The summed E-state index contributed by atoms with van der Waals surface area (Å²) in [6.45, 7) is 1.38. The minimum absolute atomic E-state index is 0.0967. The van der Waals surface area contributed by atoms with Crippen LogP contribution in [-0.2, 0) is 0 Å². The number of hydrogen-bond acceptors (Lipinski definition) is 4. The van der Waals surface area contributed by atoms with Gasteiger partial charge >= 0.3 is 6.03 Å². The summed E-state index contributed by atoms with van der Waals surface area (Å²) in [7, 11) is 0. The minimum atomic E-state index is -0.0967. The lowest BCUT2D eigenvalue weighted by atomic mass is 10.3. The Morgan fingerprint density at radius 1 is 1.12 bits per heavy atom. The predicted octanol–water partition coefficient (Wildman–Crippen LogP) is 3.55. The second kappa shape index (κ2) is 7.26. The molecule has 1 aliphatic heterocycles. The summed E-state index contributed by atoms with van der Waals surface area (Å²) in [6, 6.07) is 13.0. The van der Waals surface area contributed by atoms with E-state index < -0.39 is 0 Å². The first-order valence-corrected chi connectivity index (χ1v) is 8.51. The van der Waals surface area contributed by atoms with E-state index in [-0.39, 0.29) is 12.1 Å². The lowest BCUT2D eigenvalue weighted by Gasteiger charge is -2.17. The first kappa shape index (κ1) is 16.1. The number of amides is 2. The maximum absolute atomic E-state index is 12.5. The molecule has 0 spiro atoms. The molecule has 4 rings (SSSR count). The first-order chi connectivity index (χ1) is 12.8. The molecule has 2 aromatic heterocycles. The van der Waals surface area contributed by atoms with E-state index in [1.54, 1.807) is 18.6 Å². The van der Waals surface area contributed by atoms with Crippen LogP contribution in [0.25, 0.3) is 0 Å². The fourth-order valence-corrected chi connectivity index (χ4v) is 2.99. The van der Waals surface area contributed by atoms with Crippen LogP contribution in [0.5, 0.6) is 11.5 Å². The van der Waals surface area contributed by atoms with Crippen LogP contribution in [0.3, 0.4) is 0 Å². The molecule has 0 unspecified atom stereocenters. The monoisotopic (exact) mass is 349 g/mol. The van der Waals surface area contributed by atoms with Crippen LogP contribution in [-0.4, -0.2) is 38.8 Å². The molecule has 0 radical (unpaired) electrons.